The van der Waals surface area contributed by atoms with Gasteiger partial charge in [-0.3, -0.25) is 28.4 Å². The number of carbonyl (C=O) groups is 5. The summed E-state index contributed by atoms with van der Waals surface area (Å²) in [6, 6.07) is 4.83. The highest BCUT2D eigenvalue weighted by molar-refractivity contribution is 6.30. The maximum atomic E-state index is 15.3. The Balaban J connectivity index is 1.47. The van der Waals surface area contributed by atoms with Crippen molar-refractivity contribution in [2.45, 2.75) is 89.7 Å². The molecule has 0 radical (unpaired) electrons. The van der Waals surface area contributed by atoms with Crippen molar-refractivity contribution < 1.29 is 38.2 Å². The molecule has 1 fully saturated rings. The van der Waals surface area contributed by atoms with Gasteiger partial charge in [0.25, 0.3) is 5.91 Å². The summed E-state index contributed by atoms with van der Waals surface area (Å²) in [4.78, 5) is 73.0. The van der Waals surface area contributed by atoms with Crippen molar-refractivity contribution in [1.82, 2.24) is 35.6 Å². The average molecular weight is 728 g/mol. The number of nitrogens with zero attached hydrogens (tertiary/aromatic N) is 3. The molecule has 1 aromatic carbocycles. The zero-order chi connectivity index (χ0) is 37.0. The van der Waals surface area contributed by atoms with Gasteiger partial charge in [0, 0.05) is 25.6 Å². The third-order valence-corrected chi connectivity index (χ3v) is 9.14. The molecular formula is C35H43ClFN7O7. The van der Waals surface area contributed by atoms with Gasteiger partial charge >= 0.3 is 0 Å². The van der Waals surface area contributed by atoms with Gasteiger partial charge in [0.05, 0.1) is 17.2 Å². The topological polar surface area (TPSA) is 183 Å². The molecule has 6 atom stereocenters. The van der Waals surface area contributed by atoms with Crippen LogP contribution in [0.1, 0.15) is 63.0 Å². The van der Waals surface area contributed by atoms with Gasteiger partial charge in [0.15, 0.2) is 5.69 Å². The number of ether oxygens (including phenoxy) is 1. The predicted octanol–water partition coefficient (Wildman–Crippen LogP) is 1.75. The van der Waals surface area contributed by atoms with E-state index in [0.29, 0.717) is 17.7 Å². The number of rotatable bonds is 5. The molecule has 16 heteroatoms. The number of nitrogens with one attached hydrogen (secondary N) is 4. The molecule has 14 nitrogen and oxygen atoms in total. The zero-order valence-corrected chi connectivity index (χ0v) is 29.6. The van der Waals surface area contributed by atoms with Gasteiger partial charge in [-0.1, -0.05) is 44.5 Å². The van der Waals surface area contributed by atoms with E-state index in [1.807, 2.05) is 13.8 Å². The number of hydrogen-bond donors (Lipinski definition) is 5. The minimum atomic E-state index is -1.29. The Hall–Kier alpha value is -4.76. The number of fused-ring (bicyclic) bond motifs is 15. The second kappa shape index (κ2) is 16.1. The third kappa shape index (κ3) is 8.95. The Kier molecular flexibility index (Phi) is 11.8. The molecule has 5 heterocycles. The van der Waals surface area contributed by atoms with Crippen LogP contribution in [0.25, 0.3) is 5.65 Å². The van der Waals surface area contributed by atoms with E-state index in [4.69, 9.17) is 16.3 Å². The van der Waals surface area contributed by atoms with Gasteiger partial charge in [-0.05, 0) is 55.5 Å². The maximum Gasteiger partial charge on any atom is 0.275 e. The Labute approximate surface area is 299 Å². The van der Waals surface area contributed by atoms with Crippen molar-refractivity contribution >= 4 is 46.8 Å². The van der Waals surface area contributed by atoms with Crippen LogP contribution in [-0.4, -0.2) is 98.4 Å². The molecule has 3 aliphatic rings. The van der Waals surface area contributed by atoms with Crippen molar-refractivity contribution in [3.8, 4) is 5.75 Å². The average Bonchev–Trinajstić information content (AvgIpc) is 3.64. The van der Waals surface area contributed by atoms with Gasteiger partial charge in [-0.15, -0.1) is 0 Å². The molecule has 5 amide bonds. The second-order valence-electron chi connectivity index (χ2n) is 13.4. The smallest absolute Gasteiger partial charge is 0.275 e. The Morgan fingerprint density at radius 3 is 2.49 bits per heavy atom. The van der Waals surface area contributed by atoms with Crippen LogP contribution in [0.4, 0.5) is 4.39 Å². The monoisotopic (exact) mass is 727 g/mol. The van der Waals surface area contributed by atoms with E-state index in [2.05, 4.69) is 26.3 Å². The Bertz CT molecular complexity index is 1790. The van der Waals surface area contributed by atoms with Gasteiger partial charge in [0.1, 0.15) is 42.2 Å². The first-order valence-electron chi connectivity index (χ1n) is 17.0. The summed E-state index contributed by atoms with van der Waals surface area (Å²) in [5, 5.41) is 21.6. The standard InChI is InChI=1S/C35H43ClFN7O7/c1-5-25-35(50)43-16-23(45)14-27(43)33(48)38-19(4)31(46)39-22(12-18(2)3)17-51-24-9-6-20(7-10-24)13-26(32(47)40-25)41-34(49)29-30(37)44-15-21(36)8-11-28(44)42-29/h6-11,15,18-19,22-23,25-27,45H,5,12-14,16-17H2,1-4H3,(H,38,48)(H,39,46)(H,40,47)(H,41,49)/t19-,22+,23-,25+,26+,27+/m1/s1. The molecule has 6 rings (SSSR count). The van der Waals surface area contributed by atoms with E-state index in [0.717, 1.165) is 4.40 Å². The van der Waals surface area contributed by atoms with Crippen molar-refractivity contribution in [2.24, 2.45) is 5.92 Å². The SMILES string of the molecule is CC[C@@H]1NC(=O)[C@@H](NC(=O)c2nc3ccc(Cl)cn3c2F)Cc2ccc(cc2)OC[C@H](CC(C)C)NC(=O)[C@@H](C)NC(=O)[C@@H]2C[C@@H](O)CN2C1=O. The number of pyridine rings is 1. The van der Waals surface area contributed by atoms with Crippen LogP contribution in [-0.2, 0) is 25.6 Å². The fourth-order valence-electron chi connectivity index (χ4n) is 6.28. The lowest BCUT2D eigenvalue weighted by atomic mass is 10.0. The number of carbonyl (C=O) groups excluding carboxylic acids is 5. The summed E-state index contributed by atoms with van der Waals surface area (Å²) in [6.45, 7) is 7.17. The van der Waals surface area contributed by atoms with Crippen LogP contribution in [0.2, 0.25) is 5.02 Å². The molecule has 3 aliphatic heterocycles. The van der Waals surface area contributed by atoms with E-state index < -0.39 is 77.5 Å². The second-order valence-corrected chi connectivity index (χ2v) is 13.9. The number of aliphatic hydroxyl groups excluding tert-OH is 1. The van der Waals surface area contributed by atoms with Crippen LogP contribution >= 0.6 is 11.6 Å². The quantitative estimate of drug-likeness (QED) is 0.246. The molecular weight excluding hydrogens is 685 g/mol. The fourth-order valence-corrected chi connectivity index (χ4v) is 6.44. The van der Waals surface area contributed by atoms with Gasteiger partial charge in [0.2, 0.25) is 29.6 Å². The van der Waals surface area contributed by atoms with Crippen LogP contribution in [0.15, 0.2) is 42.6 Å². The molecule has 51 heavy (non-hydrogen) atoms. The number of amides is 5. The highest BCUT2D eigenvalue weighted by Gasteiger charge is 2.42. The number of benzene rings is 1. The first-order valence-corrected chi connectivity index (χ1v) is 17.4. The highest BCUT2D eigenvalue weighted by Crippen LogP contribution is 2.22. The third-order valence-electron chi connectivity index (χ3n) is 8.92. The lowest BCUT2D eigenvalue weighted by molar-refractivity contribution is -0.142. The molecule has 0 saturated carbocycles. The molecule has 3 aromatic rings. The van der Waals surface area contributed by atoms with Crippen molar-refractivity contribution in [3.05, 3.63) is 64.8 Å². The largest absolute Gasteiger partial charge is 0.491 e. The van der Waals surface area contributed by atoms with Gasteiger partial charge < -0.3 is 36.0 Å². The van der Waals surface area contributed by atoms with Crippen molar-refractivity contribution in [2.75, 3.05) is 13.2 Å². The lowest BCUT2D eigenvalue weighted by Gasteiger charge is -2.30. The number of aliphatic hydroxyl groups is 1. The predicted molar refractivity (Wildman–Crippen MR) is 184 cm³/mol. The maximum absolute atomic E-state index is 15.3. The summed E-state index contributed by atoms with van der Waals surface area (Å²) in [5.74, 6) is -3.66. The van der Waals surface area contributed by atoms with E-state index >= 15 is 4.39 Å². The Morgan fingerprint density at radius 2 is 1.80 bits per heavy atom. The number of imidazole rings is 1. The molecule has 0 aliphatic carbocycles. The number of aromatic nitrogens is 2. The van der Waals surface area contributed by atoms with Crippen molar-refractivity contribution in [3.63, 3.8) is 0 Å². The normalized spacial score (nSPS) is 25.2. The van der Waals surface area contributed by atoms with Crippen LogP contribution in [0.5, 0.6) is 5.75 Å². The summed E-state index contributed by atoms with van der Waals surface area (Å²) < 4.78 is 22.3. The molecule has 274 valence electrons. The summed E-state index contributed by atoms with van der Waals surface area (Å²) in [7, 11) is 0. The van der Waals surface area contributed by atoms with E-state index in [-0.39, 0.29) is 49.0 Å². The lowest BCUT2D eigenvalue weighted by Crippen LogP contribution is -2.58. The molecule has 0 unspecified atom stereocenters. The van der Waals surface area contributed by atoms with Crippen LogP contribution in [0.3, 0.4) is 0 Å². The van der Waals surface area contributed by atoms with Crippen LogP contribution < -0.4 is 26.0 Å². The van der Waals surface area contributed by atoms with Gasteiger partial charge in [-0.2, -0.15) is 4.39 Å². The number of hydrogen-bond acceptors (Lipinski definition) is 8. The molecule has 0 spiro atoms. The first-order chi connectivity index (χ1) is 24.2. The Morgan fingerprint density at radius 1 is 1.08 bits per heavy atom. The highest BCUT2D eigenvalue weighted by atomic mass is 35.5. The number of halogens is 2. The summed E-state index contributed by atoms with van der Waals surface area (Å²) >= 11 is 6.00. The minimum Gasteiger partial charge on any atom is -0.491 e. The van der Waals surface area contributed by atoms with E-state index in [9.17, 15) is 29.1 Å². The van der Waals surface area contributed by atoms with E-state index in [1.54, 1.807) is 31.2 Å². The zero-order valence-electron chi connectivity index (χ0n) is 28.8. The van der Waals surface area contributed by atoms with Gasteiger partial charge in [-0.25, -0.2) is 4.98 Å². The molecule has 1 saturated heterocycles. The minimum absolute atomic E-state index is 0.0549. The molecule has 2 bridgehead atoms. The molecule has 5 N–H and O–H groups in total. The molecule has 2 aromatic heterocycles. The fraction of sp³-hybridized carbons (Fsp3) is 0.486. The van der Waals surface area contributed by atoms with Crippen molar-refractivity contribution in [1.29, 1.82) is 0 Å². The summed E-state index contributed by atoms with van der Waals surface area (Å²) in [6.07, 6.45) is 0.838. The summed E-state index contributed by atoms with van der Waals surface area (Å²) in [5.41, 5.74) is 0.186. The van der Waals surface area contributed by atoms with E-state index in [1.165, 1.54) is 30.2 Å². The van der Waals surface area contributed by atoms with Crippen LogP contribution in [0, 0.1) is 11.9 Å². The first kappa shape index (κ1) is 37.5.